The topological polar surface area (TPSA) is 83.4 Å². The molecule has 2 fully saturated rings. The van der Waals surface area contributed by atoms with Crippen LogP contribution in [0, 0.1) is 6.92 Å². The molecule has 2 heterocycles. The van der Waals surface area contributed by atoms with Gasteiger partial charge < -0.3 is 20.6 Å². The molecular weight excluding hydrogens is 328 g/mol. The van der Waals surface area contributed by atoms with Crippen LogP contribution in [0.2, 0.25) is 0 Å². The summed E-state index contributed by atoms with van der Waals surface area (Å²) in [6.45, 7) is 5.23. The quantitative estimate of drug-likeness (QED) is 0.480. The lowest BCUT2D eigenvalue weighted by molar-refractivity contribution is 0.0226. The van der Waals surface area contributed by atoms with Gasteiger partial charge in [0.25, 0.3) is 0 Å². The first-order valence-electron chi connectivity index (χ1n) is 9.60. The van der Waals surface area contributed by atoms with E-state index in [-0.39, 0.29) is 12.2 Å². The molecule has 0 aromatic heterocycles. The normalized spacial score (nSPS) is 25.0. The molecular formula is C20H30N4O2. The van der Waals surface area contributed by atoms with Crippen molar-refractivity contribution in [3.8, 4) is 0 Å². The Hall–Kier alpha value is -1.92. The second-order valence-corrected chi connectivity index (χ2v) is 7.24. The predicted octanol–water partition coefficient (Wildman–Crippen LogP) is 2.26. The molecule has 26 heavy (non-hydrogen) atoms. The number of piperidine rings is 1. The Labute approximate surface area is 155 Å². The van der Waals surface area contributed by atoms with Gasteiger partial charge in [0.1, 0.15) is 5.71 Å². The third-order valence-electron chi connectivity index (χ3n) is 5.18. The van der Waals surface area contributed by atoms with Crippen LogP contribution in [0.1, 0.15) is 43.2 Å². The van der Waals surface area contributed by atoms with E-state index in [0.717, 1.165) is 55.6 Å². The standard InChI is InChI=1S/C20H30N4O2/c1-15-11-16(24-9-4-5-17(25)14-24)7-8-19(15)20(23-21)13-22-12-18-6-2-3-10-26-18/h7-8,11,13,17-18,25H,2-6,9-10,12,14,21H2,1H3/b22-13?,23-20+. The molecule has 1 aromatic rings. The van der Waals surface area contributed by atoms with E-state index in [1.807, 2.05) is 6.07 Å². The number of rotatable bonds is 5. The van der Waals surface area contributed by atoms with E-state index in [4.69, 9.17) is 10.6 Å². The molecule has 2 atom stereocenters. The van der Waals surface area contributed by atoms with Crippen molar-refractivity contribution in [3.63, 3.8) is 0 Å². The monoisotopic (exact) mass is 358 g/mol. The Morgan fingerprint density at radius 1 is 1.35 bits per heavy atom. The molecule has 0 spiro atoms. The number of aliphatic hydroxyl groups is 1. The second-order valence-electron chi connectivity index (χ2n) is 7.24. The summed E-state index contributed by atoms with van der Waals surface area (Å²) in [5.74, 6) is 5.61. The van der Waals surface area contributed by atoms with Gasteiger partial charge in [0, 0.05) is 37.2 Å². The second kappa shape index (κ2) is 9.14. The number of hydrazone groups is 1. The molecule has 3 N–H and O–H groups in total. The minimum absolute atomic E-state index is 0.216. The van der Waals surface area contributed by atoms with E-state index >= 15 is 0 Å². The van der Waals surface area contributed by atoms with E-state index < -0.39 is 0 Å². The smallest absolute Gasteiger partial charge is 0.108 e. The van der Waals surface area contributed by atoms with Gasteiger partial charge >= 0.3 is 0 Å². The minimum Gasteiger partial charge on any atom is -0.391 e. The van der Waals surface area contributed by atoms with Crippen LogP contribution in [0.25, 0.3) is 0 Å². The largest absolute Gasteiger partial charge is 0.391 e. The number of hydrogen-bond acceptors (Lipinski definition) is 6. The van der Waals surface area contributed by atoms with Crippen molar-refractivity contribution in [2.75, 3.05) is 31.1 Å². The number of β-amino-alcohol motifs (C(OH)–C–C–N with tert-alkyl or cyclic N) is 1. The molecule has 2 aliphatic rings. The maximum absolute atomic E-state index is 9.89. The van der Waals surface area contributed by atoms with Gasteiger partial charge in [-0.25, -0.2) is 0 Å². The zero-order chi connectivity index (χ0) is 18.4. The average molecular weight is 358 g/mol. The van der Waals surface area contributed by atoms with E-state index in [1.165, 1.54) is 6.42 Å². The van der Waals surface area contributed by atoms with Gasteiger partial charge in [0.2, 0.25) is 0 Å². The van der Waals surface area contributed by atoms with Gasteiger partial charge in [-0.05, 0) is 56.7 Å². The van der Waals surface area contributed by atoms with Crippen LogP contribution >= 0.6 is 0 Å². The lowest BCUT2D eigenvalue weighted by Gasteiger charge is -2.32. The van der Waals surface area contributed by atoms with Crippen LogP contribution in [0.4, 0.5) is 5.69 Å². The van der Waals surface area contributed by atoms with Gasteiger partial charge in [-0.15, -0.1) is 0 Å². The minimum atomic E-state index is -0.237. The third-order valence-corrected chi connectivity index (χ3v) is 5.18. The highest BCUT2D eigenvalue weighted by Crippen LogP contribution is 2.23. The van der Waals surface area contributed by atoms with E-state index in [0.29, 0.717) is 18.8 Å². The fourth-order valence-corrected chi connectivity index (χ4v) is 3.70. The van der Waals surface area contributed by atoms with Gasteiger partial charge in [0.15, 0.2) is 0 Å². The van der Waals surface area contributed by atoms with Crippen LogP contribution in [-0.4, -0.2) is 55.5 Å². The summed E-state index contributed by atoms with van der Waals surface area (Å²) in [5, 5.41) is 13.8. The van der Waals surface area contributed by atoms with Crippen LogP contribution < -0.4 is 10.7 Å². The van der Waals surface area contributed by atoms with Crippen molar-refractivity contribution in [2.45, 2.75) is 51.2 Å². The number of ether oxygens (including phenoxy) is 1. The molecule has 2 saturated heterocycles. The first-order valence-corrected chi connectivity index (χ1v) is 9.60. The number of aryl methyl sites for hydroxylation is 1. The Bertz CT molecular complexity index is 653. The number of anilines is 1. The summed E-state index contributed by atoms with van der Waals surface area (Å²) in [5.41, 5.74) is 3.91. The molecule has 0 radical (unpaired) electrons. The number of benzene rings is 1. The Kier molecular flexibility index (Phi) is 6.63. The highest BCUT2D eigenvalue weighted by atomic mass is 16.5. The van der Waals surface area contributed by atoms with Crippen molar-refractivity contribution >= 4 is 17.6 Å². The number of aliphatic imine (C=N–C) groups is 1. The Balaban J connectivity index is 1.66. The maximum Gasteiger partial charge on any atom is 0.108 e. The van der Waals surface area contributed by atoms with Crippen molar-refractivity contribution in [1.29, 1.82) is 0 Å². The van der Waals surface area contributed by atoms with Crippen LogP contribution in [-0.2, 0) is 4.74 Å². The average Bonchev–Trinajstić information content (AvgIpc) is 2.66. The predicted molar refractivity (Wildman–Crippen MR) is 106 cm³/mol. The summed E-state index contributed by atoms with van der Waals surface area (Å²) >= 11 is 0. The highest BCUT2D eigenvalue weighted by molar-refractivity contribution is 6.38. The van der Waals surface area contributed by atoms with Gasteiger partial charge in [-0.2, -0.15) is 5.10 Å². The lowest BCUT2D eigenvalue weighted by atomic mass is 10.0. The molecule has 2 unspecified atom stereocenters. The van der Waals surface area contributed by atoms with Crippen LogP contribution in [0.5, 0.6) is 0 Å². The summed E-state index contributed by atoms with van der Waals surface area (Å²) in [6.07, 6.45) is 7.07. The summed E-state index contributed by atoms with van der Waals surface area (Å²) in [6, 6.07) is 6.25. The fraction of sp³-hybridized carbons (Fsp3) is 0.600. The van der Waals surface area contributed by atoms with Crippen LogP contribution in [0.15, 0.2) is 28.3 Å². The Morgan fingerprint density at radius 3 is 2.92 bits per heavy atom. The molecule has 6 heteroatoms. The lowest BCUT2D eigenvalue weighted by Crippen LogP contribution is -2.38. The zero-order valence-electron chi connectivity index (χ0n) is 15.6. The number of hydrogen-bond donors (Lipinski definition) is 2. The molecule has 142 valence electrons. The van der Waals surface area contributed by atoms with Crippen molar-refractivity contribution in [1.82, 2.24) is 0 Å². The van der Waals surface area contributed by atoms with Gasteiger partial charge in [-0.1, -0.05) is 6.07 Å². The van der Waals surface area contributed by atoms with Crippen LogP contribution in [0.3, 0.4) is 0 Å². The molecule has 2 aliphatic heterocycles. The molecule has 0 aliphatic carbocycles. The maximum atomic E-state index is 9.89. The summed E-state index contributed by atoms with van der Waals surface area (Å²) < 4.78 is 5.70. The van der Waals surface area contributed by atoms with E-state index in [9.17, 15) is 5.11 Å². The van der Waals surface area contributed by atoms with E-state index in [2.05, 4.69) is 34.1 Å². The Morgan fingerprint density at radius 2 is 2.23 bits per heavy atom. The molecule has 3 rings (SSSR count). The SMILES string of the molecule is Cc1cc(N2CCCC(O)C2)ccc1/C(C=NCC1CCCCO1)=N/N. The molecule has 0 saturated carbocycles. The summed E-state index contributed by atoms with van der Waals surface area (Å²) in [4.78, 5) is 6.74. The molecule has 0 bridgehead atoms. The summed E-state index contributed by atoms with van der Waals surface area (Å²) in [7, 11) is 0. The van der Waals surface area contributed by atoms with E-state index in [1.54, 1.807) is 6.21 Å². The highest BCUT2D eigenvalue weighted by Gasteiger charge is 2.19. The van der Waals surface area contributed by atoms with Crippen molar-refractivity contribution in [2.24, 2.45) is 15.9 Å². The first-order chi connectivity index (χ1) is 12.7. The zero-order valence-corrected chi connectivity index (χ0v) is 15.6. The van der Waals surface area contributed by atoms with Gasteiger partial charge in [0.05, 0.1) is 18.8 Å². The third kappa shape index (κ3) is 4.83. The molecule has 0 amide bonds. The number of nitrogens with two attached hydrogens (primary N) is 1. The van der Waals surface area contributed by atoms with Crippen molar-refractivity contribution in [3.05, 3.63) is 29.3 Å². The number of aliphatic hydroxyl groups excluding tert-OH is 1. The number of nitrogens with zero attached hydrogens (tertiary/aromatic N) is 3. The first kappa shape index (κ1) is 18.9. The molecule has 6 nitrogen and oxygen atoms in total. The van der Waals surface area contributed by atoms with Crippen molar-refractivity contribution < 1.29 is 9.84 Å². The fourth-order valence-electron chi connectivity index (χ4n) is 3.70. The van der Waals surface area contributed by atoms with Gasteiger partial charge in [-0.3, -0.25) is 4.99 Å². The molecule has 1 aromatic carbocycles.